The van der Waals surface area contributed by atoms with E-state index < -0.39 is 0 Å². The predicted molar refractivity (Wildman–Crippen MR) is 98.9 cm³/mol. The van der Waals surface area contributed by atoms with Crippen molar-refractivity contribution in [1.29, 1.82) is 0 Å². The lowest BCUT2D eigenvalue weighted by molar-refractivity contribution is 0.198. The highest BCUT2D eigenvalue weighted by molar-refractivity contribution is 5.62. The molecule has 0 spiro atoms. The van der Waals surface area contributed by atoms with Crippen LogP contribution in [0.1, 0.15) is 30.0 Å². The minimum Gasteiger partial charge on any atom is -0.298 e. The summed E-state index contributed by atoms with van der Waals surface area (Å²) in [5.74, 6) is 0.0494. The number of likely N-dealkylation sites (tertiary alicyclic amines) is 1. The van der Waals surface area contributed by atoms with Crippen molar-refractivity contribution in [3.05, 3.63) is 78.3 Å². The Labute approximate surface area is 152 Å². The third-order valence-electron chi connectivity index (χ3n) is 4.85. The van der Waals surface area contributed by atoms with Crippen LogP contribution in [0.15, 0.2) is 61.2 Å². The van der Waals surface area contributed by atoms with Crippen molar-refractivity contribution in [2.75, 3.05) is 13.1 Å². The maximum Gasteiger partial charge on any atom is 0.123 e. The first kappa shape index (κ1) is 16.8. The molecule has 3 aromatic rings. The SMILES string of the molecule is Fc1cccc(-c2nccnc2C2CCCN(Cc3cccnc3)C2)c1. The average molecular weight is 348 g/mol. The molecular weight excluding hydrogens is 327 g/mol. The molecule has 1 fully saturated rings. The van der Waals surface area contributed by atoms with Crippen molar-refractivity contribution in [3.63, 3.8) is 0 Å². The van der Waals surface area contributed by atoms with Crippen molar-refractivity contribution in [2.24, 2.45) is 0 Å². The number of halogens is 1. The molecule has 0 radical (unpaired) electrons. The van der Waals surface area contributed by atoms with Gasteiger partial charge in [0.25, 0.3) is 0 Å². The van der Waals surface area contributed by atoms with E-state index >= 15 is 0 Å². The van der Waals surface area contributed by atoms with Crippen LogP contribution >= 0.6 is 0 Å². The molecule has 0 aliphatic carbocycles. The number of piperidine rings is 1. The molecule has 2 aromatic heterocycles. The molecule has 0 bridgehead atoms. The average Bonchev–Trinajstić information content (AvgIpc) is 2.69. The zero-order valence-electron chi connectivity index (χ0n) is 14.6. The van der Waals surface area contributed by atoms with Crippen molar-refractivity contribution < 1.29 is 4.39 Å². The van der Waals surface area contributed by atoms with Gasteiger partial charge in [0.1, 0.15) is 5.82 Å². The predicted octanol–water partition coefficient (Wildman–Crippen LogP) is 4.06. The van der Waals surface area contributed by atoms with Crippen LogP contribution in [0.25, 0.3) is 11.3 Å². The summed E-state index contributed by atoms with van der Waals surface area (Å²) >= 11 is 0. The molecule has 26 heavy (non-hydrogen) atoms. The van der Waals surface area contributed by atoms with Crippen LogP contribution in [0.2, 0.25) is 0 Å². The van der Waals surface area contributed by atoms with Crippen molar-refractivity contribution in [2.45, 2.75) is 25.3 Å². The molecule has 1 aliphatic rings. The highest BCUT2D eigenvalue weighted by Gasteiger charge is 2.25. The molecule has 132 valence electrons. The molecular formula is C21H21FN4. The molecule has 1 aliphatic heterocycles. The molecule has 0 saturated carbocycles. The Hall–Kier alpha value is -2.66. The molecule has 5 heteroatoms. The highest BCUT2D eigenvalue weighted by Crippen LogP contribution is 2.32. The minimum absolute atomic E-state index is 0.249. The maximum absolute atomic E-state index is 13.7. The summed E-state index contributed by atoms with van der Waals surface area (Å²) < 4.78 is 13.7. The number of pyridine rings is 1. The van der Waals surface area contributed by atoms with Crippen LogP contribution in [-0.2, 0) is 6.54 Å². The second kappa shape index (κ2) is 7.70. The van der Waals surface area contributed by atoms with Crippen molar-refractivity contribution >= 4 is 0 Å². The van der Waals surface area contributed by atoms with E-state index in [1.54, 1.807) is 24.7 Å². The highest BCUT2D eigenvalue weighted by atomic mass is 19.1. The van der Waals surface area contributed by atoms with E-state index in [2.05, 4.69) is 25.9 Å². The Morgan fingerprint density at radius 1 is 1.08 bits per heavy atom. The molecule has 0 amide bonds. The van der Waals surface area contributed by atoms with E-state index in [-0.39, 0.29) is 5.82 Å². The number of hydrogen-bond acceptors (Lipinski definition) is 4. The molecule has 1 aromatic carbocycles. The number of rotatable bonds is 4. The lowest BCUT2D eigenvalue weighted by Crippen LogP contribution is -2.34. The standard InChI is InChI=1S/C21H21FN4/c22-19-7-1-5-17(12-19)20-21(25-10-9-24-20)18-6-3-11-26(15-18)14-16-4-2-8-23-13-16/h1-2,4-5,7-10,12-13,18H,3,6,11,14-15H2. The van der Waals surface area contributed by atoms with E-state index in [0.717, 1.165) is 49.4 Å². The summed E-state index contributed by atoms with van der Waals surface area (Å²) in [5.41, 5.74) is 3.77. The third-order valence-corrected chi connectivity index (χ3v) is 4.85. The molecule has 1 saturated heterocycles. The number of hydrogen-bond donors (Lipinski definition) is 0. The van der Waals surface area contributed by atoms with Crippen LogP contribution < -0.4 is 0 Å². The van der Waals surface area contributed by atoms with Gasteiger partial charge in [0.15, 0.2) is 0 Å². The second-order valence-electron chi connectivity index (χ2n) is 6.74. The number of aromatic nitrogens is 3. The fraction of sp³-hybridized carbons (Fsp3) is 0.286. The van der Waals surface area contributed by atoms with Crippen molar-refractivity contribution in [3.8, 4) is 11.3 Å². The molecule has 4 rings (SSSR count). The van der Waals surface area contributed by atoms with Gasteiger partial charge in [0, 0.05) is 49.4 Å². The Morgan fingerprint density at radius 2 is 2.00 bits per heavy atom. The Balaban J connectivity index is 1.57. The molecule has 0 N–H and O–H groups in total. The quantitative estimate of drug-likeness (QED) is 0.713. The van der Waals surface area contributed by atoms with E-state index in [9.17, 15) is 4.39 Å². The van der Waals surface area contributed by atoms with E-state index in [1.807, 2.05) is 18.3 Å². The van der Waals surface area contributed by atoms with Gasteiger partial charge in [-0.05, 0) is 43.1 Å². The topological polar surface area (TPSA) is 41.9 Å². The first-order chi connectivity index (χ1) is 12.8. The lowest BCUT2D eigenvalue weighted by Gasteiger charge is -2.33. The Bertz CT molecular complexity index is 869. The maximum atomic E-state index is 13.7. The largest absolute Gasteiger partial charge is 0.298 e. The fourth-order valence-electron chi connectivity index (χ4n) is 3.68. The zero-order valence-corrected chi connectivity index (χ0v) is 14.6. The summed E-state index contributed by atoms with van der Waals surface area (Å²) in [7, 11) is 0. The van der Waals surface area contributed by atoms with Crippen LogP contribution in [0.4, 0.5) is 4.39 Å². The van der Waals surface area contributed by atoms with Crippen molar-refractivity contribution in [1.82, 2.24) is 19.9 Å². The van der Waals surface area contributed by atoms with Gasteiger partial charge in [-0.3, -0.25) is 19.9 Å². The first-order valence-electron chi connectivity index (χ1n) is 8.98. The smallest absolute Gasteiger partial charge is 0.123 e. The third kappa shape index (κ3) is 3.78. The van der Waals surface area contributed by atoms with E-state index in [4.69, 9.17) is 0 Å². The van der Waals surface area contributed by atoms with E-state index in [1.165, 1.54) is 17.7 Å². The zero-order chi connectivity index (χ0) is 17.8. The summed E-state index contributed by atoms with van der Waals surface area (Å²) in [5, 5.41) is 0. The Kier molecular flexibility index (Phi) is 4.97. The summed E-state index contributed by atoms with van der Waals surface area (Å²) in [4.78, 5) is 15.8. The number of nitrogens with zero attached hydrogens (tertiary/aromatic N) is 4. The summed E-state index contributed by atoms with van der Waals surface area (Å²) in [6.45, 7) is 2.89. The normalized spacial score (nSPS) is 18.0. The Morgan fingerprint density at radius 3 is 2.85 bits per heavy atom. The molecule has 3 heterocycles. The lowest BCUT2D eigenvalue weighted by atomic mass is 9.91. The van der Waals surface area contributed by atoms with E-state index in [0.29, 0.717) is 5.92 Å². The van der Waals surface area contributed by atoms with Gasteiger partial charge in [-0.1, -0.05) is 18.2 Å². The molecule has 4 nitrogen and oxygen atoms in total. The number of benzene rings is 1. The summed E-state index contributed by atoms with van der Waals surface area (Å²) in [6.07, 6.45) is 9.32. The van der Waals surface area contributed by atoms with Crippen LogP contribution in [0.5, 0.6) is 0 Å². The van der Waals surface area contributed by atoms with Gasteiger partial charge in [0.05, 0.1) is 11.4 Å². The first-order valence-corrected chi connectivity index (χ1v) is 8.98. The van der Waals surface area contributed by atoms with Gasteiger partial charge in [-0.15, -0.1) is 0 Å². The van der Waals surface area contributed by atoms with Gasteiger partial charge in [-0.2, -0.15) is 0 Å². The summed E-state index contributed by atoms with van der Waals surface area (Å²) in [6, 6.07) is 10.7. The molecule has 1 unspecified atom stereocenters. The molecule has 1 atom stereocenters. The van der Waals surface area contributed by atoms with Crippen LogP contribution in [0.3, 0.4) is 0 Å². The monoisotopic (exact) mass is 348 g/mol. The minimum atomic E-state index is -0.249. The van der Waals surface area contributed by atoms with Gasteiger partial charge in [0.2, 0.25) is 0 Å². The second-order valence-corrected chi connectivity index (χ2v) is 6.74. The van der Waals surface area contributed by atoms with Crippen LogP contribution in [0, 0.1) is 5.82 Å². The van der Waals surface area contributed by atoms with Gasteiger partial charge in [-0.25, -0.2) is 4.39 Å². The van der Waals surface area contributed by atoms with Gasteiger partial charge >= 0.3 is 0 Å². The van der Waals surface area contributed by atoms with Gasteiger partial charge < -0.3 is 0 Å². The van der Waals surface area contributed by atoms with Crippen LogP contribution in [-0.4, -0.2) is 32.9 Å². The fourth-order valence-corrected chi connectivity index (χ4v) is 3.68.